The van der Waals surface area contributed by atoms with Crippen molar-refractivity contribution in [2.24, 2.45) is 0 Å². The molecule has 1 rings (SSSR count). The maximum atomic E-state index is 11.8. The standard InChI is InChI=1S/C13H23N3O5/c1-3-16-6-4-5-10(16)7-15(2)13(20)14-11(17)8-21-9-12(18)19/h10H,3-9H2,1-2H3,(H,18,19)(H,14,17,20). The van der Waals surface area contributed by atoms with Gasteiger partial charge in [-0.3, -0.25) is 15.0 Å². The number of nitrogens with one attached hydrogen (secondary N) is 1. The number of hydrogen-bond donors (Lipinski definition) is 2. The van der Waals surface area contributed by atoms with Crippen molar-refractivity contribution in [2.45, 2.75) is 25.8 Å². The lowest BCUT2D eigenvalue weighted by Crippen LogP contribution is -2.47. The molecular formula is C13H23N3O5. The Morgan fingerprint density at radius 3 is 2.71 bits per heavy atom. The second-order valence-electron chi connectivity index (χ2n) is 5.05. The molecule has 3 amide bonds. The number of ether oxygens (including phenoxy) is 1. The molecule has 1 aliphatic rings. The van der Waals surface area contributed by atoms with Crippen molar-refractivity contribution in [2.75, 3.05) is 39.9 Å². The second-order valence-corrected chi connectivity index (χ2v) is 5.05. The van der Waals surface area contributed by atoms with Gasteiger partial charge < -0.3 is 14.7 Å². The van der Waals surface area contributed by atoms with Gasteiger partial charge in [0.1, 0.15) is 13.2 Å². The lowest BCUT2D eigenvalue weighted by molar-refractivity contribution is -0.143. The number of aliphatic carboxylic acids is 1. The zero-order chi connectivity index (χ0) is 15.8. The van der Waals surface area contributed by atoms with E-state index in [0.29, 0.717) is 12.6 Å². The van der Waals surface area contributed by atoms with Gasteiger partial charge in [-0.1, -0.05) is 6.92 Å². The Morgan fingerprint density at radius 2 is 2.10 bits per heavy atom. The van der Waals surface area contributed by atoms with Crippen molar-refractivity contribution >= 4 is 17.9 Å². The lowest BCUT2D eigenvalue weighted by atomic mass is 10.2. The molecule has 0 saturated carbocycles. The summed E-state index contributed by atoms with van der Waals surface area (Å²) in [6.07, 6.45) is 2.16. The maximum absolute atomic E-state index is 11.8. The Hall–Kier alpha value is -1.67. The van der Waals surface area contributed by atoms with Gasteiger partial charge in [-0.25, -0.2) is 9.59 Å². The van der Waals surface area contributed by atoms with Crippen LogP contribution in [0.4, 0.5) is 4.79 Å². The molecule has 1 aliphatic heterocycles. The molecule has 8 nitrogen and oxygen atoms in total. The smallest absolute Gasteiger partial charge is 0.329 e. The topological polar surface area (TPSA) is 99.2 Å². The molecule has 1 unspecified atom stereocenters. The van der Waals surface area contributed by atoms with E-state index in [1.165, 1.54) is 4.90 Å². The van der Waals surface area contributed by atoms with Crippen LogP contribution in [0.15, 0.2) is 0 Å². The molecule has 21 heavy (non-hydrogen) atoms. The summed E-state index contributed by atoms with van der Waals surface area (Å²) >= 11 is 0. The van der Waals surface area contributed by atoms with Gasteiger partial charge in [0.2, 0.25) is 0 Å². The average Bonchev–Trinajstić information content (AvgIpc) is 2.85. The number of urea groups is 1. The van der Waals surface area contributed by atoms with Crippen molar-refractivity contribution in [3.8, 4) is 0 Å². The molecule has 0 aliphatic carbocycles. The molecule has 120 valence electrons. The van der Waals surface area contributed by atoms with Gasteiger partial charge in [-0.15, -0.1) is 0 Å². The Kier molecular flexibility index (Phi) is 7.10. The van der Waals surface area contributed by atoms with Crippen LogP contribution in [0.2, 0.25) is 0 Å². The summed E-state index contributed by atoms with van der Waals surface area (Å²) in [7, 11) is 1.63. The predicted molar refractivity (Wildman–Crippen MR) is 74.9 cm³/mol. The van der Waals surface area contributed by atoms with E-state index < -0.39 is 31.1 Å². The van der Waals surface area contributed by atoms with Crippen LogP contribution >= 0.6 is 0 Å². The first-order valence-electron chi connectivity index (χ1n) is 7.02. The highest BCUT2D eigenvalue weighted by atomic mass is 16.5. The molecule has 0 bridgehead atoms. The van der Waals surface area contributed by atoms with Gasteiger partial charge >= 0.3 is 12.0 Å². The number of imide groups is 1. The number of amides is 3. The van der Waals surface area contributed by atoms with E-state index in [0.717, 1.165) is 25.9 Å². The molecule has 0 aromatic rings. The van der Waals surface area contributed by atoms with Crippen molar-refractivity contribution in [1.82, 2.24) is 15.1 Å². The second kappa shape index (κ2) is 8.58. The van der Waals surface area contributed by atoms with E-state index >= 15 is 0 Å². The zero-order valence-corrected chi connectivity index (χ0v) is 12.5. The Morgan fingerprint density at radius 1 is 1.38 bits per heavy atom. The van der Waals surface area contributed by atoms with Crippen LogP contribution in [0.5, 0.6) is 0 Å². The average molecular weight is 301 g/mol. The third-order valence-corrected chi connectivity index (χ3v) is 3.44. The zero-order valence-electron chi connectivity index (χ0n) is 12.5. The first-order valence-corrected chi connectivity index (χ1v) is 7.02. The summed E-state index contributed by atoms with van der Waals surface area (Å²) in [4.78, 5) is 37.2. The van der Waals surface area contributed by atoms with E-state index in [9.17, 15) is 14.4 Å². The highest BCUT2D eigenvalue weighted by molar-refractivity contribution is 5.94. The molecule has 0 aromatic carbocycles. The van der Waals surface area contributed by atoms with Crippen LogP contribution in [0.25, 0.3) is 0 Å². The summed E-state index contributed by atoms with van der Waals surface area (Å²) in [6, 6.07) is -0.175. The van der Waals surface area contributed by atoms with E-state index in [1.807, 2.05) is 0 Å². The Balaban J connectivity index is 2.30. The Bertz CT molecular complexity index is 388. The van der Waals surface area contributed by atoms with Crippen LogP contribution in [0, 0.1) is 0 Å². The van der Waals surface area contributed by atoms with Crippen LogP contribution in [-0.4, -0.2) is 78.8 Å². The van der Waals surface area contributed by atoms with Gasteiger partial charge in [-0.2, -0.15) is 0 Å². The first kappa shape index (κ1) is 17.4. The third-order valence-electron chi connectivity index (χ3n) is 3.44. The highest BCUT2D eigenvalue weighted by Crippen LogP contribution is 2.17. The number of nitrogens with zero attached hydrogens (tertiary/aromatic N) is 2. The SMILES string of the molecule is CCN1CCCC1CN(C)C(=O)NC(=O)COCC(=O)O. The fourth-order valence-electron chi connectivity index (χ4n) is 2.40. The van der Waals surface area contributed by atoms with Crippen molar-refractivity contribution in [3.63, 3.8) is 0 Å². The van der Waals surface area contributed by atoms with E-state index in [-0.39, 0.29) is 0 Å². The van der Waals surface area contributed by atoms with Gasteiger partial charge in [0.05, 0.1) is 0 Å². The summed E-state index contributed by atoms with van der Waals surface area (Å²) in [6.45, 7) is 3.62. The minimum atomic E-state index is -1.16. The van der Waals surface area contributed by atoms with E-state index in [4.69, 9.17) is 5.11 Å². The lowest BCUT2D eigenvalue weighted by Gasteiger charge is -2.27. The molecule has 2 N–H and O–H groups in total. The molecule has 1 atom stereocenters. The van der Waals surface area contributed by atoms with Crippen molar-refractivity contribution < 1.29 is 24.2 Å². The maximum Gasteiger partial charge on any atom is 0.329 e. The highest BCUT2D eigenvalue weighted by Gasteiger charge is 2.25. The van der Waals surface area contributed by atoms with Crippen molar-refractivity contribution in [1.29, 1.82) is 0 Å². The van der Waals surface area contributed by atoms with Crippen molar-refractivity contribution in [3.05, 3.63) is 0 Å². The molecule has 0 aromatic heterocycles. The van der Waals surface area contributed by atoms with E-state index in [2.05, 4.69) is 21.9 Å². The van der Waals surface area contributed by atoms with Crippen LogP contribution in [-0.2, 0) is 14.3 Å². The molecule has 1 fully saturated rings. The molecule has 0 radical (unpaired) electrons. The largest absolute Gasteiger partial charge is 0.480 e. The number of carboxylic acids is 1. The summed E-state index contributed by atoms with van der Waals surface area (Å²) in [5, 5.41) is 10.5. The quantitative estimate of drug-likeness (QED) is 0.672. The molecular weight excluding hydrogens is 278 g/mol. The minimum Gasteiger partial charge on any atom is -0.480 e. The summed E-state index contributed by atoms with van der Waals surface area (Å²) in [5.74, 6) is -1.81. The van der Waals surface area contributed by atoms with Crippen LogP contribution in [0.3, 0.4) is 0 Å². The predicted octanol–water partition coefficient (Wildman–Crippen LogP) is -0.260. The van der Waals surface area contributed by atoms with Crippen LogP contribution < -0.4 is 5.32 Å². The first-order chi connectivity index (χ1) is 9.93. The normalized spacial score (nSPS) is 18.5. The molecule has 1 saturated heterocycles. The number of hydrogen-bond acceptors (Lipinski definition) is 5. The number of carboxylic acid groups (broad SMARTS) is 1. The van der Waals surface area contributed by atoms with Crippen LogP contribution in [0.1, 0.15) is 19.8 Å². The number of likely N-dealkylation sites (tertiary alicyclic amines) is 1. The fourth-order valence-corrected chi connectivity index (χ4v) is 2.40. The van der Waals surface area contributed by atoms with Gasteiger partial charge in [-0.05, 0) is 25.9 Å². The Labute approximate surface area is 124 Å². The third kappa shape index (κ3) is 6.09. The summed E-state index contributed by atoms with van der Waals surface area (Å²) < 4.78 is 4.61. The number of likely N-dealkylation sites (N-methyl/N-ethyl adjacent to an activating group) is 2. The fraction of sp³-hybridized carbons (Fsp3) is 0.769. The number of carbonyl (C=O) groups excluding carboxylic acids is 2. The van der Waals surface area contributed by atoms with Gasteiger partial charge in [0.25, 0.3) is 5.91 Å². The number of carbonyl (C=O) groups is 3. The van der Waals surface area contributed by atoms with E-state index in [1.54, 1.807) is 7.05 Å². The molecule has 1 heterocycles. The monoisotopic (exact) mass is 301 g/mol. The van der Waals surface area contributed by atoms with Gasteiger partial charge in [0, 0.05) is 19.6 Å². The minimum absolute atomic E-state index is 0.323. The molecule has 8 heteroatoms. The summed E-state index contributed by atoms with van der Waals surface area (Å²) in [5.41, 5.74) is 0. The van der Waals surface area contributed by atoms with Gasteiger partial charge in [0.15, 0.2) is 0 Å². The number of rotatable bonds is 7. The molecule has 0 spiro atoms.